The van der Waals surface area contributed by atoms with Crippen molar-refractivity contribution >= 4 is 37.6 Å². The van der Waals surface area contributed by atoms with E-state index in [0.29, 0.717) is 11.3 Å². The second kappa shape index (κ2) is 5.89. The number of hydrogen-bond donors (Lipinski definition) is 1. The van der Waals surface area contributed by atoms with Gasteiger partial charge in [0.25, 0.3) is 0 Å². The van der Waals surface area contributed by atoms with Crippen molar-refractivity contribution in [2.75, 3.05) is 4.72 Å². The van der Waals surface area contributed by atoms with Gasteiger partial charge in [0.2, 0.25) is 10.0 Å². The molecule has 4 rings (SSSR count). The molecule has 4 aromatic rings. The summed E-state index contributed by atoms with van der Waals surface area (Å²) in [5, 5.41) is 1.88. The van der Waals surface area contributed by atoms with Gasteiger partial charge in [0.15, 0.2) is 0 Å². The van der Waals surface area contributed by atoms with Crippen LogP contribution in [0, 0.1) is 5.82 Å². The third-order valence-electron chi connectivity index (χ3n) is 3.96. The molecule has 0 unspecified atom stereocenters. The van der Waals surface area contributed by atoms with Crippen LogP contribution in [0.4, 0.5) is 10.1 Å². The number of benzene rings is 3. The predicted octanol–water partition coefficient (Wildman–Crippen LogP) is 4.67. The minimum atomic E-state index is -3.74. The molecule has 0 radical (unpaired) electrons. The number of halogens is 1. The van der Waals surface area contributed by atoms with Gasteiger partial charge < -0.3 is 4.42 Å². The summed E-state index contributed by atoms with van der Waals surface area (Å²) in [7, 11) is -3.74. The lowest BCUT2D eigenvalue weighted by atomic mass is 10.1. The highest BCUT2D eigenvalue weighted by Crippen LogP contribution is 2.30. The van der Waals surface area contributed by atoms with E-state index < -0.39 is 21.6 Å². The maximum atomic E-state index is 13.7. The molecule has 0 atom stereocenters. The minimum Gasteiger partial charge on any atom is -0.456 e. The Morgan fingerprint density at radius 2 is 1.60 bits per heavy atom. The Bertz CT molecular complexity index is 1180. The van der Waals surface area contributed by atoms with Crippen LogP contribution in [0.1, 0.15) is 5.56 Å². The number of anilines is 1. The van der Waals surface area contributed by atoms with Crippen molar-refractivity contribution in [3.05, 3.63) is 78.1 Å². The highest BCUT2D eigenvalue weighted by molar-refractivity contribution is 7.91. The van der Waals surface area contributed by atoms with E-state index in [1.807, 2.05) is 30.3 Å². The molecule has 0 aliphatic carbocycles. The summed E-state index contributed by atoms with van der Waals surface area (Å²) >= 11 is 0. The first kappa shape index (κ1) is 15.7. The van der Waals surface area contributed by atoms with Crippen molar-refractivity contribution in [3.63, 3.8) is 0 Å². The van der Waals surface area contributed by atoms with Gasteiger partial charge in [-0.05, 0) is 24.3 Å². The average Bonchev–Trinajstić information content (AvgIpc) is 2.94. The molecule has 126 valence electrons. The summed E-state index contributed by atoms with van der Waals surface area (Å²) in [5.41, 5.74) is 1.83. The van der Waals surface area contributed by atoms with Crippen molar-refractivity contribution in [2.45, 2.75) is 5.75 Å². The Morgan fingerprint density at radius 1 is 0.880 bits per heavy atom. The van der Waals surface area contributed by atoms with Crippen LogP contribution in [0.3, 0.4) is 0 Å². The van der Waals surface area contributed by atoms with E-state index in [4.69, 9.17) is 4.42 Å². The fourth-order valence-corrected chi connectivity index (χ4v) is 4.03. The Morgan fingerprint density at radius 3 is 2.44 bits per heavy atom. The van der Waals surface area contributed by atoms with E-state index in [9.17, 15) is 12.8 Å². The topological polar surface area (TPSA) is 59.3 Å². The van der Waals surface area contributed by atoms with Crippen LogP contribution in [-0.4, -0.2) is 8.42 Å². The fourth-order valence-electron chi connectivity index (χ4n) is 2.83. The van der Waals surface area contributed by atoms with Crippen LogP contribution in [-0.2, 0) is 15.8 Å². The van der Waals surface area contributed by atoms with Gasteiger partial charge in [0, 0.05) is 22.4 Å². The zero-order valence-electron chi connectivity index (χ0n) is 13.1. The van der Waals surface area contributed by atoms with Crippen molar-refractivity contribution in [1.29, 1.82) is 0 Å². The Labute approximate surface area is 143 Å². The number of hydrogen-bond acceptors (Lipinski definition) is 3. The summed E-state index contributed by atoms with van der Waals surface area (Å²) in [6.07, 6.45) is 0. The van der Waals surface area contributed by atoms with Gasteiger partial charge in [-0.1, -0.05) is 36.4 Å². The van der Waals surface area contributed by atoms with Crippen LogP contribution in [0.5, 0.6) is 0 Å². The molecule has 3 aromatic carbocycles. The number of rotatable bonds is 4. The summed E-state index contributed by atoms with van der Waals surface area (Å²) in [4.78, 5) is 0. The SMILES string of the molecule is O=S(=O)(Cc1ccccc1F)Nc1ccc2c(c1)oc1ccccc12. The average molecular weight is 355 g/mol. The number of para-hydroxylation sites is 1. The highest BCUT2D eigenvalue weighted by atomic mass is 32.2. The molecule has 4 nitrogen and oxygen atoms in total. The number of fused-ring (bicyclic) bond motifs is 3. The molecule has 1 aromatic heterocycles. The van der Waals surface area contributed by atoms with Gasteiger partial charge in [-0.15, -0.1) is 0 Å². The van der Waals surface area contributed by atoms with Crippen LogP contribution < -0.4 is 4.72 Å². The third-order valence-corrected chi connectivity index (χ3v) is 5.19. The van der Waals surface area contributed by atoms with Crippen molar-refractivity contribution in [2.24, 2.45) is 0 Å². The molecule has 0 amide bonds. The van der Waals surface area contributed by atoms with E-state index >= 15 is 0 Å². The lowest BCUT2D eigenvalue weighted by Crippen LogP contribution is -2.15. The molecule has 25 heavy (non-hydrogen) atoms. The fraction of sp³-hybridized carbons (Fsp3) is 0.0526. The van der Waals surface area contributed by atoms with Gasteiger partial charge in [-0.25, -0.2) is 12.8 Å². The monoisotopic (exact) mass is 355 g/mol. The molecule has 1 heterocycles. The predicted molar refractivity (Wildman–Crippen MR) is 96.4 cm³/mol. The first-order valence-corrected chi connectivity index (χ1v) is 9.32. The Hall–Kier alpha value is -2.86. The third kappa shape index (κ3) is 3.08. The minimum absolute atomic E-state index is 0.125. The molecular weight excluding hydrogens is 341 g/mol. The molecule has 1 N–H and O–H groups in total. The standard InChI is InChI=1S/C19H14FNO3S/c20-17-7-3-1-5-13(17)12-25(22,23)21-14-9-10-16-15-6-2-4-8-18(15)24-19(16)11-14/h1-11,21H,12H2. The lowest BCUT2D eigenvalue weighted by molar-refractivity contribution is 0.591. The summed E-state index contributed by atoms with van der Waals surface area (Å²) < 4.78 is 46.5. The maximum absolute atomic E-state index is 13.7. The van der Waals surface area contributed by atoms with Gasteiger partial charge in [-0.3, -0.25) is 4.72 Å². The number of furan rings is 1. The van der Waals surface area contributed by atoms with E-state index in [1.54, 1.807) is 18.2 Å². The Kier molecular flexibility index (Phi) is 3.69. The molecule has 0 aliphatic rings. The van der Waals surface area contributed by atoms with Gasteiger partial charge >= 0.3 is 0 Å². The van der Waals surface area contributed by atoms with Gasteiger partial charge in [-0.2, -0.15) is 0 Å². The summed E-state index contributed by atoms with van der Waals surface area (Å²) in [5.74, 6) is -0.974. The maximum Gasteiger partial charge on any atom is 0.237 e. The first-order chi connectivity index (χ1) is 12.0. The zero-order valence-corrected chi connectivity index (χ0v) is 13.9. The van der Waals surface area contributed by atoms with E-state index in [1.165, 1.54) is 18.2 Å². The smallest absolute Gasteiger partial charge is 0.237 e. The second-order valence-corrected chi connectivity index (χ2v) is 7.48. The highest BCUT2D eigenvalue weighted by Gasteiger charge is 2.15. The van der Waals surface area contributed by atoms with Crippen molar-refractivity contribution in [1.82, 2.24) is 0 Å². The van der Waals surface area contributed by atoms with E-state index in [-0.39, 0.29) is 5.56 Å². The normalized spacial score (nSPS) is 11.9. The molecule has 0 bridgehead atoms. The molecule has 0 spiro atoms. The molecule has 0 saturated heterocycles. The molecule has 6 heteroatoms. The zero-order chi connectivity index (χ0) is 17.4. The van der Waals surface area contributed by atoms with Crippen LogP contribution >= 0.6 is 0 Å². The molecule has 0 fully saturated rings. The lowest BCUT2D eigenvalue weighted by Gasteiger charge is -2.08. The largest absolute Gasteiger partial charge is 0.456 e. The molecule has 0 aliphatic heterocycles. The molecular formula is C19H14FNO3S. The quantitative estimate of drug-likeness (QED) is 0.579. The van der Waals surface area contributed by atoms with Crippen molar-refractivity contribution < 1.29 is 17.2 Å². The van der Waals surface area contributed by atoms with Crippen LogP contribution in [0.2, 0.25) is 0 Å². The Balaban J connectivity index is 1.65. The summed E-state index contributed by atoms with van der Waals surface area (Å²) in [6, 6.07) is 18.5. The van der Waals surface area contributed by atoms with Crippen molar-refractivity contribution in [3.8, 4) is 0 Å². The number of sulfonamides is 1. The second-order valence-electron chi connectivity index (χ2n) is 5.76. The first-order valence-electron chi connectivity index (χ1n) is 7.67. The van der Waals surface area contributed by atoms with Crippen LogP contribution in [0.25, 0.3) is 21.9 Å². The van der Waals surface area contributed by atoms with Gasteiger partial charge in [0.05, 0.1) is 11.4 Å². The summed E-state index contributed by atoms with van der Waals surface area (Å²) in [6.45, 7) is 0. The van der Waals surface area contributed by atoms with E-state index in [0.717, 1.165) is 16.4 Å². The molecule has 0 saturated carbocycles. The van der Waals surface area contributed by atoms with Gasteiger partial charge in [0.1, 0.15) is 17.0 Å². The van der Waals surface area contributed by atoms with E-state index in [2.05, 4.69) is 4.72 Å². The number of nitrogens with one attached hydrogen (secondary N) is 1. The van der Waals surface area contributed by atoms with Crippen LogP contribution in [0.15, 0.2) is 71.1 Å².